The molecule has 1 N–H and O–H groups in total. The van der Waals surface area contributed by atoms with Crippen molar-refractivity contribution in [2.45, 2.75) is 25.7 Å². The molecule has 0 radical (unpaired) electrons. The Labute approximate surface area is 125 Å². The van der Waals surface area contributed by atoms with Crippen molar-refractivity contribution in [1.29, 1.82) is 0 Å². The van der Waals surface area contributed by atoms with Crippen molar-refractivity contribution in [2.75, 3.05) is 13.2 Å². The summed E-state index contributed by atoms with van der Waals surface area (Å²) in [5.74, 6) is -0.922. The molecule has 3 rings (SSSR count). The summed E-state index contributed by atoms with van der Waals surface area (Å²) in [6.45, 7) is 4.45. The first-order chi connectivity index (χ1) is 10.1. The van der Waals surface area contributed by atoms with E-state index in [-0.39, 0.29) is 12.7 Å². The van der Waals surface area contributed by atoms with Crippen molar-refractivity contribution < 1.29 is 14.6 Å². The number of ether oxygens (including phenoxy) is 2. The highest BCUT2D eigenvalue weighted by atomic mass is 16.7. The van der Waals surface area contributed by atoms with Crippen molar-refractivity contribution in [2.24, 2.45) is 0 Å². The standard InChI is InChI=1S/C18H20O3/c1-13-3-7-15(8-4-13)18(20-12-17(11-19)21-18)16-9-5-14(2)6-10-16/h3-10,17,19H,11-12H2,1-2H3/t17-/m1/s1. The van der Waals surface area contributed by atoms with E-state index in [0.29, 0.717) is 6.61 Å². The maximum absolute atomic E-state index is 9.38. The van der Waals surface area contributed by atoms with Gasteiger partial charge in [0.2, 0.25) is 5.79 Å². The zero-order valence-corrected chi connectivity index (χ0v) is 12.4. The molecule has 1 heterocycles. The fourth-order valence-electron chi connectivity index (χ4n) is 2.62. The van der Waals surface area contributed by atoms with Crippen LogP contribution in [-0.2, 0) is 15.3 Å². The van der Waals surface area contributed by atoms with Gasteiger partial charge in [0.25, 0.3) is 0 Å². The Hall–Kier alpha value is -1.68. The molecule has 2 aromatic carbocycles. The average molecular weight is 284 g/mol. The summed E-state index contributed by atoms with van der Waals surface area (Å²) in [4.78, 5) is 0. The maximum Gasteiger partial charge on any atom is 0.222 e. The van der Waals surface area contributed by atoms with Crippen LogP contribution in [0.3, 0.4) is 0 Å². The first-order valence-corrected chi connectivity index (χ1v) is 7.21. The maximum atomic E-state index is 9.38. The van der Waals surface area contributed by atoms with Crippen molar-refractivity contribution >= 4 is 0 Å². The van der Waals surface area contributed by atoms with Crippen LogP contribution in [0.5, 0.6) is 0 Å². The van der Waals surface area contributed by atoms with E-state index in [1.807, 2.05) is 48.5 Å². The van der Waals surface area contributed by atoms with Gasteiger partial charge in [0.1, 0.15) is 6.10 Å². The van der Waals surface area contributed by atoms with Crippen LogP contribution >= 0.6 is 0 Å². The normalized spacial score (nSPS) is 20.6. The fraction of sp³-hybridized carbons (Fsp3) is 0.333. The van der Waals surface area contributed by atoms with Crippen LogP contribution in [-0.4, -0.2) is 24.4 Å². The van der Waals surface area contributed by atoms with Gasteiger partial charge in [-0.3, -0.25) is 0 Å². The van der Waals surface area contributed by atoms with Gasteiger partial charge < -0.3 is 14.6 Å². The fourth-order valence-corrected chi connectivity index (χ4v) is 2.62. The summed E-state index contributed by atoms with van der Waals surface area (Å²) in [6, 6.07) is 16.3. The number of aryl methyl sites for hydroxylation is 2. The molecule has 3 heteroatoms. The van der Waals surface area contributed by atoms with Gasteiger partial charge >= 0.3 is 0 Å². The molecule has 0 bridgehead atoms. The molecule has 3 nitrogen and oxygen atoms in total. The van der Waals surface area contributed by atoms with Gasteiger partial charge in [-0.2, -0.15) is 0 Å². The molecule has 21 heavy (non-hydrogen) atoms. The van der Waals surface area contributed by atoms with E-state index in [4.69, 9.17) is 9.47 Å². The summed E-state index contributed by atoms with van der Waals surface area (Å²) < 4.78 is 12.1. The largest absolute Gasteiger partial charge is 0.394 e. The predicted molar refractivity (Wildman–Crippen MR) is 81.0 cm³/mol. The monoisotopic (exact) mass is 284 g/mol. The summed E-state index contributed by atoms with van der Waals surface area (Å²) in [6.07, 6.45) is -0.299. The minimum Gasteiger partial charge on any atom is -0.394 e. The van der Waals surface area contributed by atoms with Gasteiger partial charge in [0, 0.05) is 11.1 Å². The number of benzene rings is 2. The molecule has 110 valence electrons. The van der Waals surface area contributed by atoms with Crippen LogP contribution in [0, 0.1) is 13.8 Å². The zero-order valence-electron chi connectivity index (χ0n) is 12.4. The van der Waals surface area contributed by atoms with E-state index >= 15 is 0 Å². The Bertz CT molecular complexity index is 556. The third-order valence-corrected chi connectivity index (χ3v) is 3.87. The third-order valence-electron chi connectivity index (χ3n) is 3.87. The number of aliphatic hydroxyl groups is 1. The highest BCUT2D eigenvalue weighted by molar-refractivity contribution is 5.37. The van der Waals surface area contributed by atoms with Gasteiger partial charge in [-0.1, -0.05) is 59.7 Å². The molecular weight excluding hydrogens is 264 g/mol. The zero-order chi connectivity index (χ0) is 14.9. The highest BCUT2D eigenvalue weighted by Gasteiger charge is 2.44. The van der Waals surface area contributed by atoms with E-state index in [1.165, 1.54) is 11.1 Å². The highest BCUT2D eigenvalue weighted by Crippen LogP contribution is 2.40. The number of rotatable bonds is 3. The van der Waals surface area contributed by atoms with Crippen molar-refractivity contribution in [3.63, 3.8) is 0 Å². The van der Waals surface area contributed by atoms with E-state index in [9.17, 15) is 5.11 Å². The van der Waals surface area contributed by atoms with Crippen LogP contribution < -0.4 is 0 Å². The van der Waals surface area contributed by atoms with E-state index in [0.717, 1.165) is 11.1 Å². The van der Waals surface area contributed by atoms with Crippen LogP contribution in [0.15, 0.2) is 48.5 Å². The molecule has 0 aliphatic carbocycles. The lowest BCUT2D eigenvalue weighted by molar-refractivity contribution is -0.146. The first-order valence-electron chi connectivity index (χ1n) is 7.21. The third kappa shape index (κ3) is 2.60. The first kappa shape index (κ1) is 14.3. The molecule has 0 saturated carbocycles. The van der Waals surface area contributed by atoms with Crippen molar-refractivity contribution in [1.82, 2.24) is 0 Å². The predicted octanol–water partition coefficient (Wildman–Crippen LogP) is 2.91. The summed E-state index contributed by atoms with van der Waals surface area (Å²) in [5, 5.41) is 9.38. The Morgan fingerprint density at radius 1 is 0.952 bits per heavy atom. The van der Waals surface area contributed by atoms with Crippen LogP contribution in [0.1, 0.15) is 22.3 Å². The molecule has 1 atom stereocenters. The van der Waals surface area contributed by atoms with Crippen molar-refractivity contribution in [3.8, 4) is 0 Å². The Morgan fingerprint density at radius 3 is 1.81 bits per heavy atom. The molecule has 0 unspecified atom stereocenters. The smallest absolute Gasteiger partial charge is 0.222 e. The second-order valence-electron chi connectivity index (χ2n) is 5.58. The van der Waals surface area contributed by atoms with E-state index in [2.05, 4.69) is 13.8 Å². The molecule has 1 fully saturated rings. The van der Waals surface area contributed by atoms with Gasteiger partial charge in [0.15, 0.2) is 0 Å². The lowest BCUT2D eigenvalue weighted by Gasteiger charge is -2.29. The number of aliphatic hydroxyl groups excluding tert-OH is 1. The average Bonchev–Trinajstić information content (AvgIpc) is 2.94. The van der Waals surface area contributed by atoms with Crippen LogP contribution in [0.4, 0.5) is 0 Å². The lowest BCUT2D eigenvalue weighted by atomic mass is 9.95. The minimum absolute atomic E-state index is 0.0422. The molecule has 0 aromatic heterocycles. The van der Waals surface area contributed by atoms with Crippen LogP contribution in [0.25, 0.3) is 0 Å². The van der Waals surface area contributed by atoms with Crippen molar-refractivity contribution in [3.05, 3.63) is 70.8 Å². The topological polar surface area (TPSA) is 38.7 Å². The number of hydrogen-bond donors (Lipinski definition) is 1. The lowest BCUT2D eigenvalue weighted by Crippen LogP contribution is -2.30. The Morgan fingerprint density at radius 2 is 1.43 bits per heavy atom. The number of hydrogen-bond acceptors (Lipinski definition) is 3. The van der Waals surface area contributed by atoms with Gasteiger partial charge in [-0.25, -0.2) is 0 Å². The van der Waals surface area contributed by atoms with Gasteiger partial charge in [0.05, 0.1) is 13.2 Å². The second kappa shape index (κ2) is 5.60. The molecular formula is C18H20O3. The molecule has 2 aromatic rings. The van der Waals surface area contributed by atoms with E-state index < -0.39 is 5.79 Å². The molecule has 1 aliphatic rings. The minimum atomic E-state index is -0.922. The molecule has 1 aliphatic heterocycles. The molecule has 0 amide bonds. The Kier molecular flexibility index (Phi) is 3.81. The Balaban J connectivity index is 2.07. The summed E-state index contributed by atoms with van der Waals surface area (Å²) in [5.41, 5.74) is 4.28. The van der Waals surface area contributed by atoms with E-state index in [1.54, 1.807) is 0 Å². The van der Waals surface area contributed by atoms with Gasteiger partial charge in [-0.15, -0.1) is 0 Å². The summed E-state index contributed by atoms with van der Waals surface area (Å²) in [7, 11) is 0. The van der Waals surface area contributed by atoms with Crippen LogP contribution in [0.2, 0.25) is 0 Å². The molecule has 1 saturated heterocycles. The second-order valence-corrected chi connectivity index (χ2v) is 5.58. The quantitative estimate of drug-likeness (QED) is 0.942. The summed E-state index contributed by atoms with van der Waals surface area (Å²) >= 11 is 0. The molecule has 0 spiro atoms. The SMILES string of the molecule is Cc1ccc(C2(c3ccc(C)cc3)OC[C@@H](CO)O2)cc1. The van der Waals surface area contributed by atoms with Gasteiger partial charge in [-0.05, 0) is 13.8 Å².